The van der Waals surface area contributed by atoms with Gasteiger partial charge in [0.15, 0.2) is 0 Å². The van der Waals surface area contributed by atoms with Gasteiger partial charge in [0.1, 0.15) is 5.69 Å². The molecule has 7 nitrogen and oxygen atoms in total. The Bertz CT molecular complexity index is 1010. The van der Waals surface area contributed by atoms with Crippen molar-refractivity contribution < 1.29 is 4.79 Å². The van der Waals surface area contributed by atoms with Gasteiger partial charge in [-0.05, 0) is 37.1 Å². The summed E-state index contributed by atoms with van der Waals surface area (Å²) in [6, 6.07) is 11.7. The summed E-state index contributed by atoms with van der Waals surface area (Å²) in [7, 11) is 0. The average Bonchev–Trinajstić information content (AvgIpc) is 3.14. The Balaban J connectivity index is 1.47. The minimum atomic E-state index is -0.255. The highest BCUT2D eigenvalue weighted by Crippen LogP contribution is 2.26. The van der Waals surface area contributed by atoms with Gasteiger partial charge in [0, 0.05) is 25.2 Å². The van der Waals surface area contributed by atoms with Gasteiger partial charge in [0.2, 0.25) is 5.95 Å². The normalized spacial score (nSPS) is 21.6. The summed E-state index contributed by atoms with van der Waals surface area (Å²) < 4.78 is 1.66. The number of fused-ring (bicyclic) bond motifs is 4. The van der Waals surface area contributed by atoms with Crippen LogP contribution >= 0.6 is 11.6 Å². The SMILES string of the molecule is O=C(Nc1ccccc1Cl)c1ccc2cnc(N3C[C@@H]4CC[C@H]3CN4)nn12. The molecule has 3 aromatic rings. The first-order valence-electron chi connectivity index (χ1n) is 9.10. The topological polar surface area (TPSA) is 74.6 Å². The summed E-state index contributed by atoms with van der Waals surface area (Å²) in [5.74, 6) is 0.413. The lowest BCUT2D eigenvalue weighted by atomic mass is 9.93. The van der Waals surface area contributed by atoms with E-state index >= 15 is 0 Å². The molecular formula is C19H19ClN6O. The molecule has 2 atom stereocenters. The molecule has 138 valence electrons. The molecule has 0 spiro atoms. The van der Waals surface area contributed by atoms with Crippen molar-refractivity contribution in [2.75, 3.05) is 23.3 Å². The number of anilines is 2. The van der Waals surface area contributed by atoms with Crippen LogP contribution in [0.1, 0.15) is 23.3 Å². The van der Waals surface area contributed by atoms with Crippen LogP contribution in [0.5, 0.6) is 0 Å². The van der Waals surface area contributed by atoms with E-state index in [1.807, 2.05) is 18.2 Å². The maximum Gasteiger partial charge on any atom is 0.274 e. The number of aromatic nitrogens is 3. The highest BCUT2D eigenvalue weighted by molar-refractivity contribution is 6.33. The molecule has 0 saturated carbocycles. The minimum Gasteiger partial charge on any atom is -0.334 e. The van der Waals surface area contributed by atoms with Gasteiger partial charge in [-0.25, -0.2) is 9.50 Å². The van der Waals surface area contributed by atoms with Gasteiger partial charge in [-0.3, -0.25) is 4.79 Å². The van der Waals surface area contributed by atoms with E-state index in [1.165, 1.54) is 6.42 Å². The van der Waals surface area contributed by atoms with Crippen molar-refractivity contribution in [3.8, 4) is 0 Å². The highest BCUT2D eigenvalue weighted by Gasteiger charge is 2.35. The molecule has 5 heterocycles. The Morgan fingerprint density at radius 3 is 2.85 bits per heavy atom. The van der Waals surface area contributed by atoms with Gasteiger partial charge in [0.05, 0.1) is 22.4 Å². The zero-order valence-electron chi connectivity index (χ0n) is 14.6. The van der Waals surface area contributed by atoms with Crippen molar-refractivity contribution in [3.63, 3.8) is 0 Å². The van der Waals surface area contributed by atoms with Crippen LogP contribution in [0.2, 0.25) is 5.02 Å². The van der Waals surface area contributed by atoms with Crippen molar-refractivity contribution in [2.45, 2.75) is 24.9 Å². The first-order valence-corrected chi connectivity index (χ1v) is 9.47. The molecule has 0 radical (unpaired) electrons. The second kappa shape index (κ2) is 6.51. The summed E-state index contributed by atoms with van der Waals surface area (Å²) in [5.41, 5.74) is 1.81. The number of rotatable bonds is 3. The van der Waals surface area contributed by atoms with Gasteiger partial charge >= 0.3 is 0 Å². The third-order valence-electron chi connectivity index (χ3n) is 5.35. The van der Waals surface area contributed by atoms with E-state index in [1.54, 1.807) is 28.9 Å². The van der Waals surface area contributed by atoms with Crippen molar-refractivity contribution >= 4 is 34.7 Å². The number of nitrogens with one attached hydrogen (secondary N) is 2. The fourth-order valence-electron chi connectivity index (χ4n) is 3.90. The number of piperidine rings is 2. The largest absolute Gasteiger partial charge is 0.334 e. The third kappa shape index (κ3) is 2.93. The number of para-hydroxylation sites is 1. The monoisotopic (exact) mass is 382 g/mol. The Labute approximate surface area is 161 Å². The predicted octanol–water partition coefficient (Wildman–Crippen LogP) is 2.58. The van der Waals surface area contributed by atoms with Crippen molar-refractivity contribution in [1.29, 1.82) is 0 Å². The van der Waals surface area contributed by atoms with Crippen LogP contribution in [0.3, 0.4) is 0 Å². The molecule has 3 fully saturated rings. The number of amides is 1. The van der Waals surface area contributed by atoms with E-state index in [0.717, 1.165) is 25.0 Å². The first-order chi connectivity index (χ1) is 13.2. The molecule has 2 aromatic heterocycles. The van der Waals surface area contributed by atoms with E-state index in [9.17, 15) is 4.79 Å². The Kier molecular flexibility index (Phi) is 3.98. The number of piperazine rings is 1. The lowest BCUT2D eigenvalue weighted by Gasteiger charge is -2.45. The molecule has 3 aliphatic heterocycles. The average molecular weight is 383 g/mol. The maximum atomic E-state index is 12.8. The number of halogens is 1. The molecule has 3 saturated heterocycles. The number of carbonyl (C=O) groups is 1. The molecule has 1 amide bonds. The van der Waals surface area contributed by atoms with Gasteiger partial charge in [-0.1, -0.05) is 23.7 Å². The van der Waals surface area contributed by atoms with E-state index in [2.05, 4.69) is 25.6 Å². The van der Waals surface area contributed by atoms with Gasteiger partial charge < -0.3 is 15.5 Å². The molecule has 1 aromatic carbocycles. The summed E-state index contributed by atoms with van der Waals surface area (Å²) in [6.07, 6.45) is 4.10. The number of hydrogen-bond acceptors (Lipinski definition) is 5. The lowest BCUT2D eigenvalue weighted by molar-refractivity contribution is 0.102. The van der Waals surface area contributed by atoms with E-state index < -0.39 is 0 Å². The number of carbonyl (C=O) groups excluding carboxylic acids is 1. The first kappa shape index (κ1) is 16.5. The van der Waals surface area contributed by atoms with Crippen molar-refractivity contribution in [3.05, 3.63) is 53.3 Å². The molecule has 0 aliphatic carbocycles. The molecule has 27 heavy (non-hydrogen) atoms. The summed E-state index contributed by atoms with van der Waals surface area (Å²) in [5, 5.41) is 11.6. The van der Waals surface area contributed by atoms with Gasteiger partial charge in [0.25, 0.3) is 5.91 Å². The van der Waals surface area contributed by atoms with Gasteiger partial charge in [-0.15, -0.1) is 5.10 Å². The quantitative estimate of drug-likeness (QED) is 0.728. The van der Waals surface area contributed by atoms with Crippen LogP contribution in [0.4, 0.5) is 11.6 Å². The zero-order valence-corrected chi connectivity index (χ0v) is 15.4. The Morgan fingerprint density at radius 2 is 2.11 bits per heavy atom. The van der Waals surface area contributed by atoms with E-state index in [4.69, 9.17) is 11.6 Å². The summed E-state index contributed by atoms with van der Waals surface area (Å²) in [6.45, 7) is 1.86. The van der Waals surface area contributed by atoms with Crippen LogP contribution in [0.25, 0.3) is 5.52 Å². The lowest BCUT2D eigenvalue weighted by Crippen LogP contribution is -2.61. The molecular weight excluding hydrogens is 364 g/mol. The Hall–Kier alpha value is -2.64. The molecule has 2 bridgehead atoms. The van der Waals surface area contributed by atoms with E-state index in [-0.39, 0.29) is 5.91 Å². The molecule has 0 unspecified atom stereocenters. The molecule has 6 rings (SSSR count). The van der Waals surface area contributed by atoms with Crippen molar-refractivity contribution in [1.82, 2.24) is 19.9 Å². The van der Waals surface area contributed by atoms with Crippen LogP contribution < -0.4 is 15.5 Å². The van der Waals surface area contributed by atoms with Crippen LogP contribution in [-0.2, 0) is 0 Å². The third-order valence-corrected chi connectivity index (χ3v) is 5.68. The second-order valence-corrected chi connectivity index (χ2v) is 7.44. The Morgan fingerprint density at radius 1 is 1.22 bits per heavy atom. The number of hydrogen-bond donors (Lipinski definition) is 2. The highest BCUT2D eigenvalue weighted by atomic mass is 35.5. The predicted molar refractivity (Wildman–Crippen MR) is 105 cm³/mol. The second-order valence-electron chi connectivity index (χ2n) is 7.04. The van der Waals surface area contributed by atoms with Gasteiger partial charge in [-0.2, -0.15) is 0 Å². The van der Waals surface area contributed by atoms with Crippen LogP contribution in [-0.4, -0.2) is 45.7 Å². The fourth-order valence-corrected chi connectivity index (χ4v) is 4.08. The standard InChI is InChI=1S/C19H19ClN6O/c20-15-3-1-2-4-16(15)23-18(27)17-8-7-14-10-22-19(24-26(14)17)25-11-12-5-6-13(25)9-21-12/h1-4,7-8,10,12-13,21H,5-6,9,11H2,(H,23,27)/t12-,13-/m0/s1. The number of benzene rings is 1. The minimum absolute atomic E-state index is 0.255. The molecule has 3 aliphatic rings. The summed E-state index contributed by atoms with van der Waals surface area (Å²) in [4.78, 5) is 19.6. The maximum absolute atomic E-state index is 12.8. The van der Waals surface area contributed by atoms with Crippen LogP contribution in [0, 0.1) is 0 Å². The van der Waals surface area contributed by atoms with Crippen molar-refractivity contribution in [2.24, 2.45) is 0 Å². The number of nitrogens with zero attached hydrogens (tertiary/aromatic N) is 4. The fraction of sp³-hybridized carbons (Fsp3) is 0.316. The smallest absolute Gasteiger partial charge is 0.274 e. The zero-order chi connectivity index (χ0) is 18.4. The van der Waals surface area contributed by atoms with Crippen LogP contribution in [0.15, 0.2) is 42.6 Å². The molecule has 8 heteroatoms. The molecule has 2 N–H and O–H groups in total. The van der Waals surface area contributed by atoms with E-state index in [0.29, 0.717) is 34.4 Å². The summed E-state index contributed by atoms with van der Waals surface area (Å²) >= 11 is 6.15.